The summed E-state index contributed by atoms with van der Waals surface area (Å²) < 4.78 is 20.6. The van der Waals surface area contributed by atoms with Gasteiger partial charge in [0.15, 0.2) is 0 Å². The molecule has 8 heteroatoms. The van der Waals surface area contributed by atoms with Gasteiger partial charge in [-0.1, -0.05) is 41.1 Å². The molecule has 2 aromatic carbocycles. The van der Waals surface area contributed by atoms with Gasteiger partial charge in [0.1, 0.15) is 17.6 Å². The van der Waals surface area contributed by atoms with Crippen LogP contribution in [0.25, 0.3) is 5.69 Å². The minimum atomic E-state index is -0.474. The Balaban J connectivity index is 1.56. The van der Waals surface area contributed by atoms with E-state index < -0.39 is 11.9 Å². The number of carbonyl (C=O) groups is 1. The molecule has 4 rings (SSSR count). The molecule has 3 aromatic rings. The molecule has 2 heterocycles. The molecule has 6 nitrogen and oxygen atoms in total. The Hall–Kier alpha value is -2.77. The number of nitrogens with zero attached hydrogens (tertiary/aromatic N) is 4. The maximum Gasteiger partial charge on any atom is 0.252 e. The lowest BCUT2D eigenvalue weighted by atomic mass is 10.1. The number of halogens is 2. The first kappa shape index (κ1) is 19.5. The Morgan fingerprint density at radius 3 is 2.79 bits per heavy atom. The maximum absolute atomic E-state index is 13.4. The topological polar surface area (TPSA) is 60.2 Å². The van der Waals surface area contributed by atoms with E-state index in [0.29, 0.717) is 24.3 Å². The third-order valence-electron chi connectivity index (χ3n) is 4.81. The molecule has 0 saturated carbocycles. The van der Waals surface area contributed by atoms with E-state index in [1.54, 1.807) is 21.8 Å². The highest BCUT2D eigenvalue weighted by atomic mass is 35.5. The van der Waals surface area contributed by atoms with Crippen LogP contribution in [0.1, 0.15) is 24.1 Å². The normalized spacial score (nSPS) is 16.1. The summed E-state index contributed by atoms with van der Waals surface area (Å²) in [4.78, 5) is 14.7. The molecule has 1 aliphatic heterocycles. The number of carbonyl (C=O) groups excluding carboxylic acids is 1. The number of amides is 1. The third-order valence-corrected chi connectivity index (χ3v) is 5.16. The van der Waals surface area contributed by atoms with Crippen molar-refractivity contribution in [3.63, 3.8) is 0 Å². The molecule has 1 saturated heterocycles. The number of ether oxygens (including phenoxy) is 1. The third kappa shape index (κ3) is 4.63. The predicted octanol–water partition coefficient (Wildman–Crippen LogP) is 3.77. The molecule has 0 unspecified atom stereocenters. The highest BCUT2D eigenvalue weighted by molar-refractivity contribution is 6.31. The van der Waals surface area contributed by atoms with Crippen molar-refractivity contribution in [2.24, 2.45) is 0 Å². The number of aromatic nitrogens is 3. The molecular formula is C21H20ClFN4O2. The smallest absolute Gasteiger partial charge is 0.252 e. The van der Waals surface area contributed by atoms with Crippen molar-refractivity contribution in [1.82, 2.24) is 19.9 Å². The summed E-state index contributed by atoms with van der Waals surface area (Å²) in [6.07, 6.45) is 2.85. The SMILES string of the molecule is O=C([C@H]1CCCO1)N(Cc1cn(-c2ccccc2)nn1)Cc1ccc(F)cc1Cl. The Morgan fingerprint density at radius 1 is 1.24 bits per heavy atom. The maximum atomic E-state index is 13.4. The fourth-order valence-electron chi connectivity index (χ4n) is 3.32. The minimum Gasteiger partial charge on any atom is -0.368 e. The zero-order valence-corrected chi connectivity index (χ0v) is 16.4. The molecule has 0 bridgehead atoms. The summed E-state index contributed by atoms with van der Waals surface area (Å²) in [5, 5.41) is 8.64. The minimum absolute atomic E-state index is 0.128. The zero-order valence-electron chi connectivity index (χ0n) is 15.7. The second-order valence-corrected chi connectivity index (χ2v) is 7.33. The van der Waals surface area contributed by atoms with E-state index >= 15 is 0 Å². The first-order chi connectivity index (χ1) is 14.1. The van der Waals surface area contributed by atoms with Crippen molar-refractivity contribution >= 4 is 17.5 Å². The summed E-state index contributed by atoms with van der Waals surface area (Å²) in [6, 6.07) is 13.8. The number of rotatable bonds is 6. The van der Waals surface area contributed by atoms with Crippen LogP contribution in [0.5, 0.6) is 0 Å². The number of hydrogen-bond acceptors (Lipinski definition) is 4. The molecular weight excluding hydrogens is 395 g/mol. The molecule has 0 radical (unpaired) electrons. The van der Waals surface area contributed by atoms with Crippen LogP contribution in [-0.2, 0) is 22.6 Å². The number of hydrogen-bond donors (Lipinski definition) is 0. The van der Waals surface area contributed by atoms with E-state index in [1.807, 2.05) is 30.3 Å². The van der Waals surface area contributed by atoms with Crippen molar-refractivity contribution in [2.45, 2.75) is 32.0 Å². The molecule has 1 atom stereocenters. The lowest BCUT2D eigenvalue weighted by Crippen LogP contribution is -2.38. The standard InChI is InChI=1S/C21H20ClFN4O2/c22-19-11-16(23)9-8-15(19)12-26(21(28)20-7-4-10-29-20)13-17-14-27(25-24-17)18-5-2-1-3-6-18/h1-3,5-6,8-9,11,14,20H,4,7,10,12-13H2/t20-/m1/s1. The molecule has 1 amide bonds. The van der Waals surface area contributed by atoms with E-state index in [9.17, 15) is 9.18 Å². The lowest BCUT2D eigenvalue weighted by molar-refractivity contribution is -0.142. The lowest BCUT2D eigenvalue weighted by Gasteiger charge is -2.25. The van der Waals surface area contributed by atoms with Gasteiger partial charge in [0.25, 0.3) is 5.91 Å². The molecule has 0 aliphatic carbocycles. The average molecular weight is 415 g/mol. The van der Waals surface area contributed by atoms with Crippen LogP contribution in [0.15, 0.2) is 54.7 Å². The fraction of sp³-hybridized carbons (Fsp3) is 0.286. The van der Waals surface area contributed by atoms with Crippen LogP contribution in [0.4, 0.5) is 4.39 Å². The first-order valence-corrected chi connectivity index (χ1v) is 9.79. The molecule has 1 fully saturated rings. The van der Waals surface area contributed by atoms with Crippen LogP contribution in [-0.4, -0.2) is 38.5 Å². The number of para-hydroxylation sites is 1. The molecule has 0 N–H and O–H groups in total. The van der Waals surface area contributed by atoms with Crippen LogP contribution < -0.4 is 0 Å². The van der Waals surface area contributed by atoms with Crippen molar-refractivity contribution in [3.8, 4) is 5.69 Å². The second kappa shape index (κ2) is 8.71. The Morgan fingerprint density at radius 2 is 2.07 bits per heavy atom. The summed E-state index contributed by atoms with van der Waals surface area (Å²) in [5.74, 6) is -0.543. The van der Waals surface area contributed by atoms with Crippen LogP contribution in [0.2, 0.25) is 5.02 Å². The molecule has 29 heavy (non-hydrogen) atoms. The van der Waals surface area contributed by atoms with Gasteiger partial charge in [0.05, 0.1) is 18.4 Å². The molecule has 150 valence electrons. The van der Waals surface area contributed by atoms with E-state index in [1.165, 1.54) is 12.1 Å². The first-order valence-electron chi connectivity index (χ1n) is 9.41. The average Bonchev–Trinajstić information content (AvgIpc) is 3.42. The van der Waals surface area contributed by atoms with Gasteiger partial charge in [-0.05, 0) is 42.7 Å². The second-order valence-electron chi connectivity index (χ2n) is 6.92. The van der Waals surface area contributed by atoms with Crippen LogP contribution >= 0.6 is 11.6 Å². The molecule has 1 aromatic heterocycles. The van der Waals surface area contributed by atoms with Gasteiger partial charge >= 0.3 is 0 Å². The van der Waals surface area contributed by atoms with Crippen molar-refractivity contribution < 1.29 is 13.9 Å². The number of benzene rings is 2. The van der Waals surface area contributed by atoms with Gasteiger partial charge in [-0.15, -0.1) is 5.10 Å². The largest absolute Gasteiger partial charge is 0.368 e. The van der Waals surface area contributed by atoms with Gasteiger partial charge < -0.3 is 9.64 Å². The van der Waals surface area contributed by atoms with Crippen molar-refractivity contribution in [2.75, 3.05) is 6.61 Å². The van der Waals surface area contributed by atoms with Crippen LogP contribution in [0, 0.1) is 5.82 Å². The zero-order chi connectivity index (χ0) is 20.2. The van der Waals surface area contributed by atoms with E-state index in [4.69, 9.17) is 16.3 Å². The van der Waals surface area contributed by atoms with E-state index in [-0.39, 0.29) is 24.0 Å². The van der Waals surface area contributed by atoms with Gasteiger partial charge in [-0.25, -0.2) is 9.07 Å². The monoisotopic (exact) mass is 414 g/mol. The fourth-order valence-corrected chi connectivity index (χ4v) is 3.54. The predicted molar refractivity (Wildman–Crippen MR) is 106 cm³/mol. The summed E-state index contributed by atoms with van der Waals surface area (Å²) in [7, 11) is 0. The summed E-state index contributed by atoms with van der Waals surface area (Å²) in [5.41, 5.74) is 2.18. The highest BCUT2D eigenvalue weighted by Gasteiger charge is 2.29. The van der Waals surface area contributed by atoms with Crippen LogP contribution in [0.3, 0.4) is 0 Å². The Bertz CT molecular complexity index is 989. The summed E-state index contributed by atoms with van der Waals surface area (Å²) >= 11 is 6.18. The Kier molecular flexibility index (Phi) is 5.87. The van der Waals surface area contributed by atoms with Gasteiger partial charge in [-0.3, -0.25) is 4.79 Å². The van der Waals surface area contributed by atoms with Crippen molar-refractivity contribution in [1.29, 1.82) is 0 Å². The highest BCUT2D eigenvalue weighted by Crippen LogP contribution is 2.23. The Labute approximate surface area is 172 Å². The quantitative estimate of drug-likeness (QED) is 0.616. The van der Waals surface area contributed by atoms with E-state index in [2.05, 4.69) is 10.3 Å². The summed E-state index contributed by atoms with van der Waals surface area (Å²) in [6.45, 7) is 1.06. The van der Waals surface area contributed by atoms with Gasteiger partial charge in [0, 0.05) is 18.2 Å². The van der Waals surface area contributed by atoms with Gasteiger partial charge in [0.2, 0.25) is 0 Å². The van der Waals surface area contributed by atoms with E-state index in [0.717, 1.165) is 12.1 Å². The molecule has 0 spiro atoms. The molecule has 1 aliphatic rings. The van der Waals surface area contributed by atoms with Gasteiger partial charge in [-0.2, -0.15) is 0 Å². The van der Waals surface area contributed by atoms with Crippen molar-refractivity contribution in [3.05, 3.63) is 76.8 Å².